The Balaban J connectivity index is 1.57. The van der Waals surface area contributed by atoms with E-state index in [1.54, 1.807) is 44.3 Å². The lowest BCUT2D eigenvalue weighted by Gasteiger charge is -2.16. The third-order valence-corrected chi connectivity index (χ3v) is 4.67. The van der Waals surface area contributed by atoms with Gasteiger partial charge in [0.15, 0.2) is 0 Å². The number of ether oxygens (including phenoxy) is 3. The van der Waals surface area contributed by atoms with Crippen LogP contribution in [0.15, 0.2) is 34.7 Å². The van der Waals surface area contributed by atoms with Gasteiger partial charge >= 0.3 is 5.97 Å². The smallest absolute Gasteiger partial charge is 0.341 e. The van der Waals surface area contributed by atoms with E-state index >= 15 is 0 Å². The van der Waals surface area contributed by atoms with Gasteiger partial charge < -0.3 is 23.5 Å². The number of hydrogen-bond donors (Lipinski definition) is 0. The summed E-state index contributed by atoms with van der Waals surface area (Å²) in [5.41, 5.74) is 0.912. The highest BCUT2D eigenvalue weighted by atomic mass is 16.5. The molecule has 150 valence electrons. The van der Waals surface area contributed by atoms with Crippen molar-refractivity contribution in [2.45, 2.75) is 32.4 Å². The lowest BCUT2D eigenvalue weighted by Crippen LogP contribution is -2.26. The normalized spacial score (nSPS) is 16.0. The monoisotopic (exact) mass is 387 g/mol. The quantitative estimate of drug-likeness (QED) is 0.679. The van der Waals surface area contributed by atoms with Gasteiger partial charge in [0.1, 0.15) is 29.4 Å². The molecule has 0 unspecified atom stereocenters. The molecular weight excluding hydrogens is 362 g/mol. The number of rotatable bonds is 7. The molecule has 1 saturated heterocycles. The van der Waals surface area contributed by atoms with E-state index in [1.165, 1.54) is 12.0 Å². The first-order chi connectivity index (χ1) is 13.5. The first kappa shape index (κ1) is 19.9. The summed E-state index contributed by atoms with van der Waals surface area (Å²) < 4.78 is 21.5. The second-order valence-electron chi connectivity index (χ2n) is 6.81. The molecule has 1 amide bonds. The van der Waals surface area contributed by atoms with E-state index in [2.05, 4.69) is 0 Å². The highest BCUT2D eigenvalue weighted by Crippen LogP contribution is 2.20. The summed E-state index contributed by atoms with van der Waals surface area (Å²) in [6.45, 7) is 3.25. The maximum atomic E-state index is 12.6. The van der Waals surface area contributed by atoms with Crippen molar-refractivity contribution in [1.29, 1.82) is 0 Å². The van der Waals surface area contributed by atoms with Crippen molar-refractivity contribution >= 4 is 11.9 Å². The van der Waals surface area contributed by atoms with Gasteiger partial charge in [0.05, 0.1) is 19.8 Å². The Kier molecular flexibility index (Phi) is 6.36. The molecular formula is C21H25NO6. The van der Waals surface area contributed by atoms with Gasteiger partial charge in [-0.15, -0.1) is 0 Å². The average molecular weight is 387 g/mol. The predicted octanol–water partition coefficient (Wildman–Crippen LogP) is 3.20. The average Bonchev–Trinajstić information content (AvgIpc) is 3.35. The van der Waals surface area contributed by atoms with E-state index in [4.69, 9.17) is 18.6 Å². The number of esters is 1. The van der Waals surface area contributed by atoms with Crippen LogP contribution in [-0.2, 0) is 16.0 Å². The van der Waals surface area contributed by atoms with Crippen molar-refractivity contribution in [2.24, 2.45) is 0 Å². The summed E-state index contributed by atoms with van der Waals surface area (Å²) in [5.74, 6) is 1.08. The van der Waals surface area contributed by atoms with Gasteiger partial charge in [-0.05, 0) is 50.1 Å². The van der Waals surface area contributed by atoms with Crippen molar-refractivity contribution in [3.05, 3.63) is 53.0 Å². The van der Waals surface area contributed by atoms with E-state index < -0.39 is 5.97 Å². The van der Waals surface area contributed by atoms with Crippen LogP contribution >= 0.6 is 0 Å². The van der Waals surface area contributed by atoms with Crippen LogP contribution in [0.25, 0.3) is 0 Å². The molecule has 0 N–H and O–H groups in total. The summed E-state index contributed by atoms with van der Waals surface area (Å²) in [6.07, 6.45) is 2.24. The lowest BCUT2D eigenvalue weighted by molar-refractivity contribution is 0.0598. The summed E-state index contributed by atoms with van der Waals surface area (Å²) in [6, 6.07) is 8.63. The predicted molar refractivity (Wildman–Crippen MR) is 101 cm³/mol. The van der Waals surface area contributed by atoms with Crippen LogP contribution < -0.4 is 4.74 Å². The van der Waals surface area contributed by atoms with Gasteiger partial charge in [-0.25, -0.2) is 4.79 Å². The van der Waals surface area contributed by atoms with Gasteiger partial charge in [0, 0.05) is 19.2 Å². The van der Waals surface area contributed by atoms with Crippen LogP contribution in [-0.4, -0.2) is 50.3 Å². The standard InChI is InChI=1S/C21H25NO6/c1-14-19(21(24)25-3)11-18(28-14)12-22(2)20(23)15-6-8-16(9-7-15)27-13-17-5-4-10-26-17/h6-9,11,17H,4-5,10,12-13H2,1-3H3/t17-/m0/s1. The Hall–Kier alpha value is -2.80. The Morgan fingerprint density at radius 3 is 2.64 bits per heavy atom. The SMILES string of the molecule is COC(=O)c1cc(CN(C)C(=O)c2ccc(OC[C@@H]3CCCO3)cc2)oc1C. The highest BCUT2D eigenvalue weighted by Gasteiger charge is 2.19. The zero-order valence-electron chi connectivity index (χ0n) is 16.4. The van der Waals surface area contributed by atoms with E-state index in [9.17, 15) is 9.59 Å². The molecule has 2 heterocycles. The summed E-state index contributed by atoms with van der Waals surface area (Å²) >= 11 is 0. The molecule has 0 spiro atoms. The topological polar surface area (TPSA) is 78.2 Å². The van der Waals surface area contributed by atoms with Crippen molar-refractivity contribution < 1.29 is 28.2 Å². The van der Waals surface area contributed by atoms with Crippen molar-refractivity contribution in [1.82, 2.24) is 4.90 Å². The number of nitrogens with zero attached hydrogens (tertiary/aromatic N) is 1. The third-order valence-electron chi connectivity index (χ3n) is 4.67. The summed E-state index contributed by atoms with van der Waals surface area (Å²) in [7, 11) is 3.00. The van der Waals surface area contributed by atoms with Crippen molar-refractivity contribution in [3.63, 3.8) is 0 Å². The van der Waals surface area contributed by atoms with Crippen LogP contribution in [0.3, 0.4) is 0 Å². The number of hydrogen-bond acceptors (Lipinski definition) is 6. The molecule has 1 aromatic heterocycles. The van der Waals surface area contributed by atoms with E-state index in [0.29, 0.717) is 35.0 Å². The van der Waals surface area contributed by atoms with Crippen LogP contribution in [0.5, 0.6) is 5.75 Å². The Morgan fingerprint density at radius 2 is 2.00 bits per heavy atom. The highest BCUT2D eigenvalue weighted by molar-refractivity contribution is 5.94. The minimum Gasteiger partial charge on any atom is -0.491 e. The fourth-order valence-electron chi connectivity index (χ4n) is 3.12. The second kappa shape index (κ2) is 8.93. The van der Waals surface area contributed by atoms with Crippen LogP contribution in [0.4, 0.5) is 0 Å². The molecule has 7 heteroatoms. The number of methoxy groups -OCH3 is 1. The maximum Gasteiger partial charge on any atom is 0.341 e. The molecule has 0 bridgehead atoms. The molecule has 3 rings (SSSR count). The molecule has 0 aliphatic carbocycles. The minimum absolute atomic E-state index is 0.152. The van der Waals surface area contributed by atoms with Crippen molar-refractivity contribution in [2.75, 3.05) is 27.4 Å². The zero-order chi connectivity index (χ0) is 20.1. The first-order valence-corrected chi connectivity index (χ1v) is 9.25. The number of furan rings is 1. The minimum atomic E-state index is -0.458. The Morgan fingerprint density at radius 1 is 1.25 bits per heavy atom. The van der Waals surface area contributed by atoms with E-state index in [0.717, 1.165) is 19.4 Å². The molecule has 1 aliphatic rings. The van der Waals surface area contributed by atoms with Gasteiger partial charge in [0.2, 0.25) is 0 Å². The molecule has 28 heavy (non-hydrogen) atoms. The molecule has 7 nitrogen and oxygen atoms in total. The number of benzene rings is 1. The maximum absolute atomic E-state index is 12.6. The summed E-state index contributed by atoms with van der Waals surface area (Å²) in [5, 5.41) is 0. The van der Waals surface area contributed by atoms with E-state index in [-0.39, 0.29) is 18.6 Å². The summed E-state index contributed by atoms with van der Waals surface area (Å²) in [4.78, 5) is 25.8. The Labute approximate surface area is 164 Å². The molecule has 2 aromatic rings. The fraction of sp³-hybridized carbons (Fsp3) is 0.429. The van der Waals surface area contributed by atoms with Gasteiger partial charge in [-0.1, -0.05) is 0 Å². The fourth-order valence-corrected chi connectivity index (χ4v) is 3.12. The number of carbonyl (C=O) groups excluding carboxylic acids is 2. The number of aryl methyl sites for hydroxylation is 1. The van der Waals surface area contributed by atoms with Crippen LogP contribution in [0.2, 0.25) is 0 Å². The van der Waals surface area contributed by atoms with Gasteiger partial charge in [-0.3, -0.25) is 4.79 Å². The lowest BCUT2D eigenvalue weighted by atomic mass is 10.2. The number of amides is 1. The molecule has 1 aromatic carbocycles. The molecule has 1 atom stereocenters. The molecule has 0 radical (unpaired) electrons. The third kappa shape index (κ3) is 4.72. The largest absolute Gasteiger partial charge is 0.491 e. The van der Waals surface area contributed by atoms with Gasteiger partial charge in [-0.2, -0.15) is 0 Å². The molecule has 1 aliphatic heterocycles. The van der Waals surface area contributed by atoms with Crippen LogP contribution in [0.1, 0.15) is 45.1 Å². The molecule has 0 saturated carbocycles. The first-order valence-electron chi connectivity index (χ1n) is 9.25. The number of carbonyl (C=O) groups is 2. The van der Waals surface area contributed by atoms with Crippen molar-refractivity contribution in [3.8, 4) is 5.75 Å². The van der Waals surface area contributed by atoms with E-state index in [1.807, 2.05) is 0 Å². The zero-order valence-corrected chi connectivity index (χ0v) is 16.4. The molecule has 1 fully saturated rings. The van der Waals surface area contributed by atoms with Gasteiger partial charge in [0.25, 0.3) is 5.91 Å². The Bertz CT molecular complexity index is 820. The van der Waals surface area contributed by atoms with Crippen LogP contribution in [0, 0.1) is 6.92 Å². The second-order valence-corrected chi connectivity index (χ2v) is 6.81.